The van der Waals surface area contributed by atoms with Crippen molar-refractivity contribution < 1.29 is 14.3 Å². The minimum Gasteiger partial charge on any atom is -0.492 e. The Morgan fingerprint density at radius 3 is 2.76 bits per heavy atom. The summed E-state index contributed by atoms with van der Waals surface area (Å²) >= 11 is 0. The smallest absolute Gasteiger partial charge is 0.313 e. The molecule has 2 aromatic carbocycles. The van der Waals surface area contributed by atoms with Crippen LogP contribution in [-0.4, -0.2) is 12.6 Å². The predicted molar refractivity (Wildman–Crippen MR) is 80.1 cm³/mol. The molecule has 1 atom stereocenters. The fourth-order valence-electron chi connectivity index (χ4n) is 2.44. The Bertz CT molecular complexity index is 631. The van der Waals surface area contributed by atoms with E-state index in [1.165, 1.54) is 5.56 Å². The highest BCUT2D eigenvalue weighted by atomic mass is 16.5. The third-order valence-electron chi connectivity index (χ3n) is 3.71. The molecule has 2 aromatic rings. The van der Waals surface area contributed by atoms with Crippen molar-refractivity contribution in [1.82, 2.24) is 0 Å². The molecule has 0 fully saturated rings. The van der Waals surface area contributed by atoms with Crippen LogP contribution in [0.15, 0.2) is 48.5 Å². The van der Waals surface area contributed by atoms with Gasteiger partial charge in [0.25, 0.3) is 0 Å². The van der Waals surface area contributed by atoms with Gasteiger partial charge < -0.3 is 9.47 Å². The van der Waals surface area contributed by atoms with E-state index in [4.69, 9.17) is 9.47 Å². The maximum absolute atomic E-state index is 12.1. The van der Waals surface area contributed by atoms with Gasteiger partial charge in [0.05, 0.1) is 5.92 Å². The summed E-state index contributed by atoms with van der Waals surface area (Å²) in [5.74, 6) is 0.468. The van der Waals surface area contributed by atoms with Gasteiger partial charge in [-0.3, -0.25) is 4.79 Å². The van der Waals surface area contributed by atoms with E-state index in [1.54, 1.807) is 0 Å². The second-order valence-corrected chi connectivity index (χ2v) is 5.41. The summed E-state index contributed by atoms with van der Waals surface area (Å²) in [6.45, 7) is 2.74. The molecule has 0 saturated carbocycles. The van der Waals surface area contributed by atoms with Crippen molar-refractivity contribution in [3.05, 3.63) is 65.2 Å². The molecule has 0 radical (unpaired) electrons. The molecule has 3 nitrogen and oxygen atoms in total. The summed E-state index contributed by atoms with van der Waals surface area (Å²) in [6.07, 6.45) is 0.683. The standard InChI is InChI=1S/C18H18O3/c1-13-6-8-14(9-7-13)11-21-18(19)16-10-15-4-2-3-5-17(15)20-12-16/h2-9,16H,10-12H2,1H3. The first kappa shape index (κ1) is 13.7. The van der Waals surface area contributed by atoms with Crippen molar-refractivity contribution in [2.75, 3.05) is 6.61 Å². The van der Waals surface area contributed by atoms with Crippen molar-refractivity contribution in [3.8, 4) is 5.75 Å². The molecule has 0 aromatic heterocycles. The lowest BCUT2D eigenvalue weighted by Gasteiger charge is -2.23. The van der Waals surface area contributed by atoms with Gasteiger partial charge in [0.1, 0.15) is 19.0 Å². The van der Waals surface area contributed by atoms with Gasteiger partial charge >= 0.3 is 5.97 Å². The van der Waals surface area contributed by atoms with Crippen LogP contribution in [0.25, 0.3) is 0 Å². The Morgan fingerprint density at radius 1 is 1.19 bits per heavy atom. The molecule has 21 heavy (non-hydrogen) atoms. The minimum absolute atomic E-state index is 0.190. The Morgan fingerprint density at radius 2 is 1.95 bits per heavy atom. The lowest BCUT2D eigenvalue weighted by molar-refractivity contribution is -0.151. The lowest BCUT2D eigenvalue weighted by Crippen LogP contribution is -2.29. The number of esters is 1. The Balaban J connectivity index is 1.58. The molecular formula is C18H18O3. The zero-order valence-corrected chi connectivity index (χ0v) is 12.0. The molecule has 0 saturated heterocycles. The number of benzene rings is 2. The van der Waals surface area contributed by atoms with E-state index in [0.29, 0.717) is 19.6 Å². The number of carbonyl (C=O) groups excluding carboxylic acids is 1. The first-order valence-corrected chi connectivity index (χ1v) is 7.15. The van der Waals surface area contributed by atoms with Gasteiger partial charge in [0.15, 0.2) is 0 Å². The number of para-hydroxylation sites is 1. The Labute approximate surface area is 124 Å². The predicted octanol–water partition coefficient (Wildman–Crippen LogP) is 3.29. The zero-order valence-electron chi connectivity index (χ0n) is 12.0. The van der Waals surface area contributed by atoms with Crippen LogP contribution in [0.4, 0.5) is 0 Å². The number of rotatable bonds is 3. The van der Waals surface area contributed by atoms with E-state index in [-0.39, 0.29) is 11.9 Å². The van der Waals surface area contributed by atoms with Gasteiger partial charge in [-0.2, -0.15) is 0 Å². The fraction of sp³-hybridized carbons (Fsp3) is 0.278. The van der Waals surface area contributed by atoms with Gasteiger partial charge in [0.2, 0.25) is 0 Å². The van der Waals surface area contributed by atoms with Crippen LogP contribution >= 0.6 is 0 Å². The monoisotopic (exact) mass is 282 g/mol. The first-order chi connectivity index (χ1) is 10.2. The van der Waals surface area contributed by atoms with Crippen molar-refractivity contribution in [3.63, 3.8) is 0 Å². The topological polar surface area (TPSA) is 35.5 Å². The second kappa shape index (κ2) is 6.00. The minimum atomic E-state index is -0.217. The van der Waals surface area contributed by atoms with Gasteiger partial charge in [-0.25, -0.2) is 0 Å². The number of hydrogen-bond donors (Lipinski definition) is 0. The van der Waals surface area contributed by atoms with E-state index in [1.807, 2.05) is 55.5 Å². The molecule has 108 valence electrons. The second-order valence-electron chi connectivity index (χ2n) is 5.41. The summed E-state index contributed by atoms with van der Waals surface area (Å²) in [7, 11) is 0. The molecule has 0 bridgehead atoms. The highest BCUT2D eigenvalue weighted by molar-refractivity contribution is 5.73. The zero-order chi connectivity index (χ0) is 14.7. The largest absolute Gasteiger partial charge is 0.492 e. The Hall–Kier alpha value is -2.29. The Kier molecular flexibility index (Phi) is 3.91. The van der Waals surface area contributed by atoms with Gasteiger partial charge in [-0.15, -0.1) is 0 Å². The van der Waals surface area contributed by atoms with E-state index in [2.05, 4.69) is 0 Å². The molecule has 0 spiro atoms. The molecule has 1 aliphatic rings. The van der Waals surface area contributed by atoms with Crippen LogP contribution in [0.3, 0.4) is 0 Å². The van der Waals surface area contributed by atoms with Crippen molar-refractivity contribution in [2.24, 2.45) is 5.92 Å². The lowest BCUT2D eigenvalue weighted by atomic mass is 9.97. The normalized spacial score (nSPS) is 16.7. The van der Waals surface area contributed by atoms with E-state index in [0.717, 1.165) is 16.9 Å². The molecular weight excluding hydrogens is 264 g/mol. The quantitative estimate of drug-likeness (QED) is 0.810. The number of fused-ring (bicyclic) bond motifs is 1. The van der Waals surface area contributed by atoms with Crippen molar-refractivity contribution in [1.29, 1.82) is 0 Å². The van der Waals surface area contributed by atoms with Crippen LogP contribution in [0.1, 0.15) is 16.7 Å². The third-order valence-corrected chi connectivity index (χ3v) is 3.71. The van der Waals surface area contributed by atoms with E-state index >= 15 is 0 Å². The van der Waals surface area contributed by atoms with Crippen LogP contribution < -0.4 is 4.74 Å². The molecule has 3 heteroatoms. The van der Waals surface area contributed by atoms with Crippen molar-refractivity contribution in [2.45, 2.75) is 20.0 Å². The van der Waals surface area contributed by atoms with Crippen molar-refractivity contribution >= 4 is 5.97 Å². The molecule has 0 aliphatic carbocycles. The summed E-state index contributed by atoms with van der Waals surface area (Å²) < 4.78 is 11.0. The van der Waals surface area contributed by atoms with Crippen LogP contribution in [-0.2, 0) is 22.6 Å². The average molecular weight is 282 g/mol. The number of ether oxygens (including phenoxy) is 2. The number of hydrogen-bond acceptors (Lipinski definition) is 3. The number of aryl methyl sites for hydroxylation is 1. The summed E-state index contributed by atoms with van der Waals surface area (Å²) in [5, 5.41) is 0. The molecule has 1 heterocycles. The van der Waals surface area contributed by atoms with Gasteiger partial charge in [0, 0.05) is 0 Å². The molecule has 3 rings (SSSR count). The van der Waals surface area contributed by atoms with E-state index in [9.17, 15) is 4.79 Å². The van der Waals surface area contributed by atoms with Gasteiger partial charge in [-0.05, 0) is 30.5 Å². The summed E-state index contributed by atoms with van der Waals surface area (Å²) in [4.78, 5) is 12.1. The average Bonchev–Trinajstić information content (AvgIpc) is 2.53. The summed E-state index contributed by atoms with van der Waals surface area (Å²) in [6, 6.07) is 15.8. The van der Waals surface area contributed by atoms with Gasteiger partial charge in [-0.1, -0.05) is 48.0 Å². The van der Waals surface area contributed by atoms with Crippen LogP contribution in [0.2, 0.25) is 0 Å². The molecule has 0 amide bonds. The third kappa shape index (κ3) is 3.24. The van der Waals surface area contributed by atoms with Crippen LogP contribution in [0.5, 0.6) is 5.75 Å². The number of carbonyl (C=O) groups is 1. The molecule has 0 N–H and O–H groups in total. The fourth-order valence-corrected chi connectivity index (χ4v) is 2.44. The molecule has 1 unspecified atom stereocenters. The molecule has 1 aliphatic heterocycles. The maximum Gasteiger partial charge on any atom is 0.313 e. The maximum atomic E-state index is 12.1. The highest BCUT2D eigenvalue weighted by Gasteiger charge is 2.26. The van der Waals surface area contributed by atoms with Crippen LogP contribution in [0, 0.1) is 12.8 Å². The first-order valence-electron chi connectivity index (χ1n) is 7.15. The summed E-state index contributed by atoms with van der Waals surface area (Å²) in [5.41, 5.74) is 3.27. The SMILES string of the molecule is Cc1ccc(COC(=O)C2COc3ccccc3C2)cc1. The van der Waals surface area contributed by atoms with E-state index < -0.39 is 0 Å². The highest BCUT2D eigenvalue weighted by Crippen LogP contribution is 2.27.